The van der Waals surface area contributed by atoms with E-state index in [1.165, 1.54) is 0 Å². The van der Waals surface area contributed by atoms with Crippen LogP contribution in [0.15, 0.2) is 24.3 Å². The Balaban J connectivity index is 1.70. The van der Waals surface area contributed by atoms with Gasteiger partial charge in [0.25, 0.3) is 5.78 Å². The van der Waals surface area contributed by atoms with Crippen LogP contribution >= 0.6 is 0 Å². The molecule has 0 bridgehead atoms. The van der Waals surface area contributed by atoms with Crippen molar-refractivity contribution < 1.29 is 14.4 Å². The molecule has 134 valence electrons. The van der Waals surface area contributed by atoms with Gasteiger partial charge in [-0.2, -0.15) is 0 Å². The third kappa shape index (κ3) is 3.31. The Morgan fingerprint density at radius 2 is 1.92 bits per heavy atom. The van der Waals surface area contributed by atoms with Crippen molar-refractivity contribution in [2.24, 2.45) is 5.92 Å². The van der Waals surface area contributed by atoms with Crippen molar-refractivity contribution >= 4 is 23.3 Å². The van der Waals surface area contributed by atoms with Gasteiger partial charge in [-0.05, 0) is 45.4 Å². The molecule has 1 unspecified atom stereocenters. The fraction of sp³-hybridized carbons (Fsp3) is 0.526. The lowest BCUT2D eigenvalue weighted by atomic mass is 9.96. The number of ketones is 1. The number of Topliss-reactive ketones (excluding diaryl/α,β-unsaturated/α-hetero) is 1. The third-order valence-electron chi connectivity index (χ3n) is 5.15. The van der Waals surface area contributed by atoms with Gasteiger partial charge in [-0.1, -0.05) is 12.1 Å². The second kappa shape index (κ2) is 7.35. The van der Waals surface area contributed by atoms with Crippen LogP contribution in [0.25, 0.3) is 0 Å². The normalized spacial score (nSPS) is 20.7. The van der Waals surface area contributed by atoms with Crippen molar-refractivity contribution in [3.8, 4) is 0 Å². The van der Waals surface area contributed by atoms with Gasteiger partial charge in [-0.3, -0.25) is 24.2 Å². The zero-order valence-corrected chi connectivity index (χ0v) is 14.9. The Hall–Kier alpha value is -2.21. The Labute approximate surface area is 148 Å². The number of amides is 2. The summed E-state index contributed by atoms with van der Waals surface area (Å²) in [5.74, 6) is -0.752. The predicted molar refractivity (Wildman–Crippen MR) is 95.4 cm³/mol. The topological polar surface area (TPSA) is 60.9 Å². The van der Waals surface area contributed by atoms with Crippen molar-refractivity contribution in [3.63, 3.8) is 0 Å². The van der Waals surface area contributed by atoms with E-state index < -0.39 is 11.7 Å². The van der Waals surface area contributed by atoms with Gasteiger partial charge in [0.2, 0.25) is 5.91 Å². The molecule has 1 saturated heterocycles. The van der Waals surface area contributed by atoms with Crippen LogP contribution in [-0.4, -0.2) is 60.2 Å². The lowest BCUT2D eigenvalue weighted by Gasteiger charge is -2.36. The molecule has 0 aliphatic carbocycles. The maximum atomic E-state index is 12.6. The van der Waals surface area contributed by atoms with Gasteiger partial charge in [0, 0.05) is 19.6 Å². The number of benzene rings is 1. The van der Waals surface area contributed by atoms with E-state index in [2.05, 4.69) is 4.90 Å². The lowest BCUT2D eigenvalue weighted by molar-refractivity contribution is -0.136. The Bertz CT molecular complexity index is 684. The fourth-order valence-electron chi connectivity index (χ4n) is 3.77. The summed E-state index contributed by atoms with van der Waals surface area (Å²) in [7, 11) is 0. The van der Waals surface area contributed by atoms with E-state index in [9.17, 15) is 14.4 Å². The number of likely N-dealkylation sites (tertiary alicyclic amines) is 1. The molecule has 1 fully saturated rings. The average Bonchev–Trinajstić information content (AvgIpc) is 2.88. The van der Waals surface area contributed by atoms with Gasteiger partial charge < -0.3 is 4.90 Å². The summed E-state index contributed by atoms with van der Waals surface area (Å²) in [5.41, 5.74) is 1.15. The van der Waals surface area contributed by atoms with Gasteiger partial charge >= 0.3 is 5.91 Å². The molecule has 2 aliphatic rings. The summed E-state index contributed by atoms with van der Waals surface area (Å²) >= 11 is 0. The van der Waals surface area contributed by atoms with Crippen molar-refractivity contribution in [3.05, 3.63) is 29.8 Å². The molecule has 1 atom stereocenters. The summed E-state index contributed by atoms with van der Waals surface area (Å²) in [6, 6.07) is 7.10. The van der Waals surface area contributed by atoms with E-state index in [1.807, 2.05) is 24.8 Å². The minimum absolute atomic E-state index is 0.0303. The molecular weight excluding hydrogens is 318 g/mol. The Morgan fingerprint density at radius 1 is 1.20 bits per heavy atom. The molecule has 6 heteroatoms. The number of hydrogen-bond donors (Lipinski definition) is 0. The number of anilines is 1. The first-order valence-corrected chi connectivity index (χ1v) is 9.03. The van der Waals surface area contributed by atoms with Gasteiger partial charge in [0.1, 0.15) is 0 Å². The summed E-state index contributed by atoms with van der Waals surface area (Å²) < 4.78 is 0. The number of carbonyl (C=O) groups is 3. The van der Waals surface area contributed by atoms with Gasteiger partial charge in [-0.15, -0.1) is 0 Å². The molecule has 3 rings (SSSR count). The largest absolute Gasteiger partial charge is 0.343 e. The number of rotatable bonds is 5. The summed E-state index contributed by atoms with van der Waals surface area (Å²) in [6.45, 7) is 7.26. The summed E-state index contributed by atoms with van der Waals surface area (Å²) in [6.07, 6.45) is 1.81. The molecule has 1 aromatic rings. The number of nitrogens with zero attached hydrogens (tertiary/aromatic N) is 3. The van der Waals surface area contributed by atoms with E-state index in [0.29, 0.717) is 24.5 Å². The van der Waals surface area contributed by atoms with Gasteiger partial charge in [-0.25, -0.2) is 0 Å². The number of hydrogen-bond acceptors (Lipinski definition) is 4. The SMILES string of the molecule is CCN(CC)C(=O)C1CCCN(CN2C(=O)C(=O)c3ccccc32)C1. The standard InChI is InChI=1S/C19H25N3O3/c1-3-21(4-2)18(24)14-8-7-11-20(12-14)13-22-16-10-6-5-9-15(16)17(23)19(22)25/h5-6,9-10,14H,3-4,7-8,11-13H2,1-2H3. The highest BCUT2D eigenvalue weighted by atomic mass is 16.2. The van der Waals surface area contributed by atoms with Crippen LogP contribution < -0.4 is 4.90 Å². The van der Waals surface area contributed by atoms with E-state index in [0.717, 1.165) is 32.5 Å². The van der Waals surface area contributed by atoms with E-state index in [4.69, 9.17) is 0 Å². The second-order valence-corrected chi connectivity index (χ2v) is 6.65. The minimum atomic E-state index is -0.474. The van der Waals surface area contributed by atoms with Crippen molar-refractivity contribution in [1.82, 2.24) is 9.80 Å². The molecule has 25 heavy (non-hydrogen) atoms. The zero-order chi connectivity index (χ0) is 18.0. The van der Waals surface area contributed by atoms with Crippen LogP contribution in [-0.2, 0) is 9.59 Å². The molecule has 0 radical (unpaired) electrons. The van der Waals surface area contributed by atoms with Gasteiger partial charge in [0.15, 0.2) is 0 Å². The first kappa shape index (κ1) is 17.6. The van der Waals surface area contributed by atoms with Crippen LogP contribution in [0.3, 0.4) is 0 Å². The molecule has 0 spiro atoms. The molecule has 2 heterocycles. The highest BCUT2D eigenvalue weighted by Gasteiger charge is 2.37. The second-order valence-electron chi connectivity index (χ2n) is 6.65. The zero-order valence-electron chi connectivity index (χ0n) is 14.9. The lowest BCUT2D eigenvalue weighted by Crippen LogP contribution is -2.49. The summed E-state index contributed by atoms with van der Waals surface area (Å²) in [4.78, 5) is 42.6. The van der Waals surface area contributed by atoms with Crippen LogP contribution in [0.5, 0.6) is 0 Å². The summed E-state index contributed by atoms with van der Waals surface area (Å²) in [5, 5.41) is 0. The number of fused-ring (bicyclic) bond motifs is 1. The monoisotopic (exact) mass is 343 g/mol. The van der Waals surface area contributed by atoms with Crippen molar-refractivity contribution in [1.29, 1.82) is 0 Å². The first-order chi connectivity index (χ1) is 12.1. The number of para-hydroxylation sites is 1. The molecular formula is C19H25N3O3. The van der Waals surface area contributed by atoms with Crippen LogP contribution in [0.1, 0.15) is 37.0 Å². The number of carbonyl (C=O) groups excluding carboxylic acids is 3. The highest BCUT2D eigenvalue weighted by molar-refractivity contribution is 6.52. The molecule has 2 amide bonds. The molecule has 0 N–H and O–H groups in total. The van der Waals surface area contributed by atoms with Gasteiger partial charge in [0.05, 0.1) is 23.8 Å². The quantitative estimate of drug-likeness (QED) is 0.764. The van der Waals surface area contributed by atoms with Crippen molar-refractivity contribution in [2.75, 3.05) is 37.7 Å². The third-order valence-corrected chi connectivity index (χ3v) is 5.15. The average molecular weight is 343 g/mol. The highest BCUT2D eigenvalue weighted by Crippen LogP contribution is 2.29. The van der Waals surface area contributed by atoms with Crippen LogP contribution in [0.2, 0.25) is 0 Å². The first-order valence-electron chi connectivity index (χ1n) is 9.03. The maximum Gasteiger partial charge on any atom is 0.300 e. The smallest absolute Gasteiger partial charge is 0.300 e. The number of piperidine rings is 1. The fourth-order valence-corrected chi connectivity index (χ4v) is 3.77. The molecule has 6 nitrogen and oxygen atoms in total. The van der Waals surface area contributed by atoms with E-state index in [1.54, 1.807) is 23.1 Å². The minimum Gasteiger partial charge on any atom is -0.343 e. The molecule has 1 aromatic carbocycles. The molecule has 2 aliphatic heterocycles. The van der Waals surface area contributed by atoms with E-state index in [-0.39, 0.29) is 11.8 Å². The molecule has 0 aromatic heterocycles. The Morgan fingerprint density at radius 3 is 2.64 bits per heavy atom. The predicted octanol–water partition coefficient (Wildman–Crippen LogP) is 1.75. The van der Waals surface area contributed by atoms with Crippen LogP contribution in [0.4, 0.5) is 5.69 Å². The van der Waals surface area contributed by atoms with E-state index >= 15 is 0 Å². The Kier molecular flexibility index (Phi) is 5.18. The van der Waals surface area contributed by atoms with Crippen molar-refractivity contribution in [2.45, 2.75) is 26.7 Å². The van der Waals surface area contributed by atoms with Crippen LogP contribution in [0, 0.1) is 5.92 Å². The molecule has 0 saturated carbocycles. The maximum absolute atomic E-state index is 12.6.